The van der Waals surface area contributed by atoms with Crippen LogP contribution in [-0.2, 0) is 4.74 Å². The molecule has 0 aromatic rings. The molecule has 1 atom stereocenters. The Balaban J connectivity index is 3.25. The summed E-state index contributed by atoms with van der Waals surface area (Å²) in [5.41, 5.74) is 5.18. The van der Waals surface area contributed by atoms with Gasteiger partial charge in [-0.25, -0.2) is 0 Å². The third kappa shape index (κ3) is 5.94. The maximum Gasteiger partial charge on any atom is 0.0836 e. The van der Waals surface area contributed by atoms with Gasteiger partial charge in [0, 0.05) is 13.0 Å². The molecule has 0 saturated carbocycles. The van der Waals surface area contributed by atoms with Crippen molar-refractivity contribution in [2.75, 3.05) is 13.2 Å². The molecule has 0 aliphatic carbocycles. The van der Waals surface area contributed by atoms with Crippen LogP contribution >= 0.6 is 12.2 Å². The minimum atomic E-state index is -0.544. The number of aliphatic hydroxyl groups is 1. The highest BCUT2D eigenvalue weighted by Crippen LogP contribution is 1.92. The Morgan fingerprint density at radius 3 is 2.80 bits per heavy atom. The van der Waals surface area contributed by atoms with E-state index in [4.69, 9.17) is 15.6 Å². The van der Waals surface area contributed by atoms with Crippen molar-refractivity contribution >= 4 is 17.2 Å². The summed E-state index contributed by atoms with van der Waals surface area (Å²) >= 11 is 4.58. The Bertz CT molecular complexity index is 108. The van der Waals surface area contributed by atoms with E-state index in [0.717, 1.165) is 0 Å². The lowest BCUT2D eigenvalue weighted by molar-refractivity contribution is 0.0468. The van der Waals surface area contributed by atoms with E-state index in [9.17, 15) is 0 Å². The van der Waals surface area contributed by atoms with Gasteiger partial charge >= 0.3 is 0 Å². The largest absolute Gasteiger partial charge is 0.393 e. The molecule has 0 spiro atoms. The summed E-state index contributed by atoms with van der Waals surface area (Å²) in [6.45, 7) is 2.79. The van der Waals surface area contributed by atoms with Crippen LogP contribution in [0.1, 0.15) is 13.3 Å². The average Bonchev–Trinajstić information content (AvgIpc) is 1.82. The second-order valence-corrected chi connectivity index (χ2v) is 2.51. The standard InChI is InChI=1S/C6H13NO2S/c1-2-9-4-5(8)3-6(7)10/h5,8H,2-4H2,1H3,(H2,7,10). The average molecular weight is 163 g/mol. The van der Waals surface area contributed by atoms with Crippen LogP contribution in [0, 0.1) is 0 Å². The molecule has 0 aromatic heterocycles. The SMILES string of the molecule is CCOCC(O)CC(N)=S. The lowest BCUT2D eigenvalue weighted by Gasteiger charge is -2.07. The smallest absolute Gasteiger partial charge is 0.0836 e. The van der Waals surface area contributed by atoms with Crippen molar-refractivity contribution in [3.8, 4) is 0 Å². The highest BCUT2D eigenvalue weighted by Gasteiger charge is 2.03. The van der Waals surface area contributed by atoms with E-state index < -0.39 is 6.10 Å². The molecular weight excluding hydrogens is 150 g/mol. The van der Waals surface area contributed by atoms with Gasteiger partial charge in [-0.2, -0.15) is 0 Å². The van der Waals surface area contributed by atoms with E-state index in [0.29, 0.717) is 24.6 Å². The van der Waals surface area contributed by atoms with E-state index in [1.165, 1.54) is 0 Å². The molecule has 0 rings (SSSR count). The lowest BCUT2D eigenvalue weighted by Crippen LogP contribution is -2.22. The van der Waals surface area contributed by atoms with Crippen molar-refractivity contribution < 1.29 is 9.84 Å². The summed E-state index contributed by atoms with van der Waals surface area (Å²) in [4.78, 5) is 0.326. The van der Waals surface area contributed by atoms with Crippen molar-refractivity contribution in [2.45, 2.75) is 19.4 Å². The summed E-state index contributed by atoms with van der Waals surface area (Å²) in [5.74, 6) is 0. The third-order valence-corrected chi connectivity index (χ3v) is 1.12. The molecule has 10 heavy (non-hydrogen) atoms. The van der Waals surface area contributed by atoms with Gasteiger partial charge in [0.1, 0.15) is 0 Å². The molecule has 0 radical (unpaired) electrons. The monoisotopic (exact) mass is 163 g/mol. The van der Waals surface area contributed by atoms with Crippen molar-refractivity contribution in [1.29, 1.82) is 0 Å². The first-order valence-corrected chi connectivity index (χ1v) is 3.61. The van der Waals surface area contributed by atoms with Crippen molar-refractivity contribution in [3.63, 3.8) is 0 Å². The lowest BCUT2D eigenvalue weighted by atomic mass is 10.3. The van der Waals surface area contributed by atoms with E-state index in [-0.39, 0.29) is 0 Å². The molecular formula is C6H13NO2S. The molecule has 3 nitrogen and oxygen atoms in total. The molecule has 0 aromatic carbocycles. The van der Waals surface area contributed by atoms with Gasteiger partial charge in [0.15, 0.2) is 0 Å². The van der Waals surface area contributed by atoms with Gasteiger partial charge in [-0.3, -0.25) is 0 Å². The second kappa shape index (κ2) is 5.58. The minimum Gasteiger partial charge on any atom is -0.393 e. The summed E-state index contributed by atoms with van der Waals surface area (Å²) in [6, 6.07) is 0. The number of thiocarbonyl (C=S) groups is 1. The van der Waals surface area contributed by atoms with Crippen LogP contribution < -0.4 is 5.73 Å². The Kier molecular flexibility index (Phi) is 5.48. The minimum absolute atomic E-state index is 0.313. The van der Waals surface area contributed by atoms with Gasteiger partial charge in [0.25, 0.3) is 0 Å². The zero-order chi connectivity index (χ0) is 7.98. The van der Waals surface area contributed by atoms with Gasteiger partial charge in [-0.05, 0) is 6.92 Å². The molecule has 0 aliphatic rings. The van der Waals surface area contributed by atoms with Gasteiger partial charge in [0.05, 0.1) is 17.7 Å². The molecule has 0 bridgehead atoms. The Morgan fingerprint density at radius 1 is 1.80 bits per heavy atom. The molecule has 3 N–H and O–H groups in total. The zero-order valence-electron chi connectivity index (χ0n) is 6.04. The van der Waals surface area contributed by atoms with Gasteiger partial charge < -0.3 is 15.6 Å². The van der Waals surface area contributed by atoms with Crippen LogP contribution in [-0.4, -0.2) is 29.4 Å². The molecule has 4 heteroatoms. The van der Waals surface area contributed by atoms with Gasteiger partial charge in [-0.1, -0.05) is 12.2 Å². The molecule has 60 valence electrons. The molecule has 0 fully saturated rings. The summed E-state index contributed by atoms with van der Waals surface area (Å²) in [7, 11) is 0. The zero-order valence-corrected chi connectivity index (χ0v) is 6.86. The molecule has 1 unspecified atom stereocenters. The van der Waals surface area contributed by atoms with Crippen LogP contribution in [0.4, 0.5) is 0 Å². The molecule has 0 aliphatic heterocycles. The number of rotatable bonds is 5. The number of aliphatic hydroxyl groups excluding tert-OH is 1. The predicted octanol–water partition coefficient (Wildman–Crippen LogP) is 0.0600. The highest BCUT2D eigenvalue weighted by molar-refractivity contribution is 7.80. The fraction of sp³-hybridized carbons (Fsp3) is 0.833. The Hall–Kier alpha value is -0.190. The quantitative estimate of drug-likeness (QED) is 0.563. The number of hydrogen-bond donors (Lipinski definition) is 2. The second-order valence-electron chi connectivity index (χ2n) is 1.98. The van der Waals surface area contributed by atoms with Crippen LogP contribution in [0.5, 0.6) is 0 Å². The van der Waals surface area contributed by atoms with Gasteiger partial charge in [0.2, 0.25) is 0 Å². The van der Waals surface area contributed by atoms with E-state index in [1.54, 1.807) is 0 Å². The maximum absolute atomic E-state index is 9.06. The molecule has 0 heterocycles. The van der Waals surface area contributed by atoms with E-state index >= 15 is 0 Å². The Morgan fingerprint density at radius 2 is 2.40 bits per heavy atom. The van der Waals surface area contributed by atoms with Crippen molar-refractivity contribution in [3.05, 3.63) is 0 Å². The molecule has 0 amide bonds. The summed E-state index contributed by atoms with van der Waals surface area (Å²) < 4.78 is 4.93. The van der Waals surface area contributed by atoms with Crippen LogP contribution in [0.15, 0.2) is 0 Å². The summed E-state index contributed by atoms with van der Waals surface area (Å²) in [6.07, 6.45) is -0.201. The van der Waals surface area contributed by atoms with E-state index in [2.05, 4.69) is 12.2 Å². The molecule has 0 saturated heterocycles. The topological polar surface area (TPSA) is 55.5 Å². The third-order valence-electron chi connectivity index (χ3n) is 0.951. The first-order chi connectivity index (χ1) is 4.66. The Labute approximate surface area is 66.2 Å². The fourth-order valence-corrected chi connectivity index (χ4v) is 0.737. The number of hydrogen-bond acceptors (Lipinski definition) is 3. The first kappa shape index (κ1) is 9.81. The summed E-state index contributed by atoms with van der Waals surface area (Å²) in [5, 5.41) is 9.06. The van der Waals surface area contributed by atoms with Crippen LogP contribution in [0.2, 0.25) is 0 Å². The predicted molar refractivity (Wildman–Crippen MR) is 43.9 cm³/mol. The maximum atomic E-state index is 9.06. The van der Waals surface area contributed by atoms with Gasteiger partial charge in [-0.15, -0.1) is 0 Å². The van der Waals surface area contributed by atoms with Crippen molar-refractivity contribution in [2.24, 2.45) is 5.73 Å². The van der Waals surface area contributed by atoms with Crippen LogP contribution in [0.25, 0.3) is 0 Å². The number of nitrogens with two attached hydrogens (primary N) is 1. The van der Waals surface area contributed by atoms with Crippen LogP contribution in [0.3, 0.4) is 0 Å². The highest BCUT2D eigenvalue weighted by atomic mass is 32.1. The fourth-order valence-electron chi connectivity index (χ4n) is 0.545. The van der Waals surface area contributed by atoms with Crippen molar-refractivity contribution in [1.82, 2.24) is 0 Å². The van der Waals surface area contributed by atoms with E-state index in [1.807, 2.05) is 6.92 Å². The normalized spacial score (nSPS) is 13.0. The first-order valence-electron chi connectivity index (χ1n) is 3.21. The number of ether oxygens (including phenoxy) is 1.